The van der Waals surface area contributed by atoms with Crippen LogP contribution in [0.1, 0.15) is 21.7 Å². The lowest BCUT2D eigenvalue weighted by Crippen LogP contribution is -2.42. The van der Waals surface area contributed by atoms with Crippen molar-refractivity contribution in [3.05, 3.63) is 59.4 Å². The lowest BCUT2D eigenvalue weighted by molar-refractivity contribution is -0.121. The van der Waals surface area contributed by atoms with E-state index in [0.717, 1.165) is 16.5 Å². The summed E-state index contributed by atoms with van der Waals surface area (Å²) in [6.45, 7) is 2.80. The lowest BCUT2D eigenvalue weighted by Gasteiger charge is -2.18. The first-order valence-corrected chi connectivity index (χ1v) is 8.57. The first-order chi connectivity index (χ1) is 13.1. The highest BCUT2D eigenvalue weighted by Gasteiger charge is 2.18. The van der Waals surface area contributed by atoms with Crippen molar-refractivity contribution in [3.8, 4) is 11.5 Å². The molecule has 138 valence electrons. The number of furan rings is 1. The number of hydrazine groups is 1. The second kappa shape index (κ2) is 7.03. The molecule has 2 N–H and O–H groups in total. The van der Waals surface area contributed by atoms with Gasteiger partial charge in [-0.1, -0.05) is 24.3 Å². The van der Waals surface area contributed by atoms with Crippen LogP contribution in [0.4, 0.5) is 0 Å². The first-order valence-electron chi connectivity index (χ1n) is 8.57. The second-order valence-electron chi connectivity index (χ2n) is 6.21. The molecule has 1 aliphatic heterocycles. The van der Waals surface area contributed by atoms with E-state index < -0.39 is 5.91 Å². The van der Waals surface area contributed by atoms with Crippen LogP contribution in [0.3, 0.4) is 0 Å². The maximum Gasteiger partial charge on any atom is 0.305 e. The number of carbonyl (C=O) groups is 2. The summed E-state index contributed by atoms with van der Waals surface area (Å²) in [6, 6.07) is 12.7. The molecule has 2 heterocycles. The third-order valence-electron chi connectivity index (χ3n) is 4.34. The van der Waals surface area contributed by atoms with Crippen molar-refractivity contribution in [2.75, 3.05) is 13.2 Å². The molecule has 4 rings (SSSR count). The first kappa shape index (κ1) is 17.0. The monoisotopic (exact) mass is 366 g/mol. The van der Waals surface area contributed by atoms with Gasteiger partial charge < -0.3 is 13.9 Å². The van der Waals surface area contributed by atoms with Crippen LogP contribution in [0.5, 0.6) is 11.5 Å². The SMILES string of the molecule is Cc1c(C(=O)NNC(=O)Cc2ccc3c(c2)OCCO3)oc2ccccc12. The smallest absolute Gasteiger partial charge is 0.305 e. The van der Waals surface area contributed by atoms with Crippen LogP contribution < -0.4 is 20.3 Å². The van der Waals surface area contributed by atoms with Gasteiger partial charge in [-0.05, 0) is 30.7 Å². The van der Waals surface area contributed by atoms with E-state index in [2.05, 4.69) is 10.9 Å². The van der Waals surface area contributed by atoms with Crippen molar-refractivity contribution in [1.82, 2.24) is 10.9 Å². The highest BCUT2D eigenvalue weighted by molar-refractivity contribution is 5.99. The van der Waals surface area contributed by atoms with Crippen LogP contribution in [0.25, 0.3) is 11.0 Å². The average molecular weight is 366 g/mol. The number of carbonyl (C=O) groups excluding carboxylic acids is 2. The maximum atomic E-state index is 12.3. The molecule has 0 saturated carbocycles. The molecule has 1 aromatic heterocycles. The van der Waals surface area contributed by atoms with Crippen molar-refractivity contribution in [3.63, 3.8) is 0 Å². The summed E-state index contributed by atoms with van der Waals surface area (Å²) >= 11 is 0. The molecule has 0 radical (unpaired) electrons. The van der Waals surface area contributed by atoms with Gasteiger partial charge in [0, 0.05) is 10.9 Å². The zero-order valence-electron chi connectivity index (χ0n) is 14.7. The molecule has 0 spiro atoms. The Bertz CT molecular complexity index is 1020. The molecule has 0 saturated heterocycles. The van der Waals surface area contributed by atoms with E-state index in [-0.39, 0.29) is 18.1 Å². The second-order valence-corrected chi connectivity index (χ2v) is 6.21. The summed E-state index contributed by atoms with van der Waals surface area (Å²) in [4.78, 5) is 24.5. The van der Waals surface area contributed by atoms with Gasteiger partial charge in [-0.15, -0.1) is 0 Å². The number of amides is 2. The Balaban J connectivity index is 1.38. The van der Waals surface area contributed by atoms with Crippen LogP contribution in [0.2, 0.25) is 0 Å². The van der Waals surface area contributed by atoms with E-state index in [0.29, 0.717) is 30.3 Å². The maximum absolute atomic E-state index is 12.3. The Kier molecular flexibility index (Phi) is 4.42. The zero-order valence-corrected chi connectivity index (χ0v) is 14.7. The van der Waals surface area contributed by atoms with E-state index in [9.17, 15) is 9.59 Å². The molecule has 3 aromatic rings. The van der Waals surface area contributed by atoms with Gasteiger partial charge in [0.2, 0.25) is 5.91 Å². The van der Waals surface area contributed by atoms with Crippen LogP contribution in [0, 0.1) is 6.92 Å². The van der Waals surface area contributed by atoms with Crippen molar-refractivity contribution >= 4 is 22.8 Å². The number of fused-ring (bicyclic) bond motifs is 2. The fourth-order valence-electron chi connectivity index (χ4n) is 3.00. The van der Waals surface area contributed by atoms with Gasteiger partial charge in [0.1, 0.15) is 18.8 Å². The van der Waals surface area contributed by atoms with Crippen LogP contribution in [-0.2, 0) is 11.2 Å². The molecule has 0 unspecified atom stereocenters. The predicted molar refractivity (Wildman–Crippen MR) is 97.7 cm³/mol. The number of ether oxygens (including phenoxy) is 2. The lowest BCUT2D eigenvalue weighted by atomic mass is 10.1. The predicted octanol–water partition coefficient (Wildman–Crippen LogP) is 2.52. The van der Waals surface area contributed by atoms with Crippen LogP contribution >= 0.6 is 0 Å². The number of para-hydroxylation sites is 1. The Hall–Kier alpha value is -3.48. The summed E-state index contributed by atoms with van der Waals surface area (Å²) in [5.41, 5.74) is 6.91. The minimum absolute atomic E-state index is 0.0933. The van der Waals surface area contributed by atoms with Gasteiger partial charge in [-0.3, -0.25) is 20.4 Å². The summed E-state index contributed by atoms with van der Waals surface area (Å²) in [5.74, 6) is 0.608. The topological polar surface area (TPSA) is 89.8 Å². The number of benzene rings is 2. The summed E-state index contributed by atoms with van der Waals surface area (Å²) in [6.07, 6.45) is 0.0933. The highest BCUT2D eigenvalue weighted by atomic mass is 16.6. The molecule has 7 nitrogen and oxygen atoms in total. The largest absolute Gasteiger partial charge is 0.486 e. The van der Waals surface area contributed by atoms with E-state index >= 15 is 0 Å². The van der Waals surface area contributed by atoms with Gasteiger partial charge in [-0.25, -0.2) is 0 Å². The fourth-order valence-corrected chi connectivity index (χ4v) is 3.00. The van der Waals surface area contributed by atoms with Crippen molar-refractivity contribution < 1.29 is 23.5 Å². The summed E-state index contributed by atoms with van der Waals surface area (Å²) < 4.78 is 16.5. The number of hydrogen-bond acceptors (Lipinski definition) is 5. The van der Waals surface area contributed by atoms with E-state index in [4.69, 9.17) is 13.9 Å². The third-order valence-corrected chi connectivity index (χ3v) is 4.34. The summed E-state index contributed by atoms with van der Waals surface area (Å²) in [7, 11) is 0. The zero-order chi connectivity index (χ0) is 18.8. The highest BCUT2D eigenvalue weighted by Crippen LogP contribution is 2.30. The molecule has 1 aliphatic rings. The number of rotatable bonds is 3. The molecular weight excluding hydrogens is 348 g/mol. The average Bonchev–Trinajstić information content (AvgIpc) is 3.03. The molecule has 7 heteroatoms. The molecule has 0 aliphatic carbocycles. The normalized spacial score (nSPS) is 12.6. The minimum Gasteiger partial charge on any atom is -0.486 e. The molecular formula is C20H18N2O5. The van der Waals surface area contributed by atoms with Gasteiger partial charge >= 0.3 is 5.91 Å². The van der Waals surface area contributed by atoms with Crippen LogP contribution in [0.15, 0.2) is 46.9 Å². The van der Waals surface area contributed by atoms with Crippen LogP contribution in [-0.4, -0.2) is 25.0 Å². The van der Waals surface area contributed by atoms with Crippen molar-refractivity contribution in [2.24, 2.45) is 0 Å². The van der Waals surface area contributed by atoms with Gasteiger partial charge in [0.05, 0.1) is 6.42 Å². The Labute approximate surface area is 155 Å². The Morgan fingerprint density at radius 1 is 1.00 bits per heavy atom. The minimum atomic E-state index is -0.501. The summed E-state index contributed by atoms with van der Waals surface area (Å²) in [5, 5.41) is 0.866. The van der Waals surface area contributed by atoms with Crippen molar-refractivity contribution in [1.29, 1.82) is 0 Å². The Morgan fingerprint density at radius 2 is 1.78 bits per heavy atom. The standard InChI is InChI=1S/C20H18N2O5/c1-12-14-4-2-3-5-15(14)27-19(12)20(24)22-21-18(23)11-13-6-7-16-17(10-13)26-9-8-25-16/h2-7,10H,8-9,11H2,1H3,(H,21,23)(H,22,24). The number of nitrogens with one attached hydrogen (secondary N) is 2. The van der Waals surface area contributed by atoms with Gasteiger partial charge in [0.15, 0.2) is 17.3 Å². The Morgan fingerprint density at radius 3 is 2.59 bits per heavy atom. The molecule has 0 fully saturated rings. The van der Waals surface area contributed by atoms with E-state index in [1.165, 1.54) is 0 Å². The molecule has 0 bridgehead atoms. The van der Waals surface area contributed by atoms with Gasteiger partial charge in [0.25, 0.3) is 0 Å². The fraction of sp³-hybridized carbons (Fsp3) is 0.200. The number of aryl methyl sites for hydroxylation is 1. The molecule has 2 amide bonds. The van der Waals surface area contributed by atoms with E-state index in [1.807, 2.05) is 18.2 Å². The molecule has 27 heavy (non-hydrogen) atoms. The number of hydrogen-bond donors (Lipinski definition) is 2. The van der Waals surface area contributed by atoms with Gasteiger partial charge in [-0.2, -0.15) is 0 Å². The molecule has 0 atom stereocenters. The third kappa shape index (κ3) is 3.44. The quantitative estimate of drug-likeness (QED) is 0.695. The van der Waals surface area contributed by atoms with Crippen molar-refractivity contribution in [2.45, 2.75) is 13.3 Å². The van der Waals surface area contributed by atoms with E-state index in [1.54, 1.807) is 31.2 Å². The molecule has 2 aromatic carbocycles.